The number of aliphatic hydroxyl groups is 1. The van der Waals surface area contributed by atoms with Crippen LogP contribution < -0.4 is 14.4 Å². The molecule has 0 aliphatic carbocycles. The monoisotopic (exact) mass is 632 g/mol. The van der Waals surface area contributed by atoms with Gasteiger partial charge < -0.3 is 24.2 Å². The molecule has 0 saturated heterocycles. The molecular weight excluding hydrogens is 610 g/mol. The lowest BCUT2D eigenvalue weighted by molar-refractivity contribution is -0.274. The van der Waals surface area contributed by atoms with Gasteiger partial charge in [-0.2, -0.15) is 26.3 Å². The maximum absolute atomic E-state index is 14.6. The fourth-order valence-corrected chi connectivity index (χ4v) is 5.05. The molecular formula is C28H23ClF6N2O6. The van der Waals surface area contributed by atoms with Crippen LogP contribution in [0.3, 0.4) is 0 Å². The van der Waals surface area contributed by atoms with Gasteiger partial charge in [0, 0.05) is 29.7 Å². The molecule has 0 spiro atoms. The summed E-state index contributed by atoms with van der Waals surface area (Å²) in [6, 6.07) is 7.07. The molecule has 1 amide bonds. The molecule has 4 rings (SSSR count). The normalized spacial score (nSPS) is 15.7. The van der Waals surface area contributed by atoms with Crippen molar-refractivity contribution in [1.82, 2.24) is 4.98 Å². The van der Waals surface area contributed by atoms with E-state index >= 15 is 0 Å². The average Bonchev–Trinajstić information content (AvgIpc) is 2.94. The van der Waals surface area contributed by atoms with E-state index in [2.05, 4.69) is 9.72 Å². The molecule has 230 valence electrons. The lowest BCUT2D eigenvalue weighted by Crippen LogP contribution is -2.47. The highest BCUT2D eigenvalue weighted by Crippen LogP contribution is 2.51. The SMILES string of the molecule is CCN1C(=O)COc2ccc(C(O)(C(C)c3ccc(Oc4cc(C(F)(F)F)c(C(=O)OC)cn4)cc3Cl)C(F)(F)F)cc21. The average molecular weight is 633 g/mol. The first kappa shape index (κ1) is 31.9. The second kappa shape index (κ2) is 11.6. The van der Waals surface area contributed by atoms with Crippen molar-refractivity contribution in [3.63, 3.8) is 0 Å². The minimum Gasteiger partial charge on any atom is -0.482 e. The van der Waals surface area contributed by atoms with Gasteiger partial charge in [-0.1, -0.05) is 30.7 Å². The topological polar surface area (TPSA) is 98.2 Å². The minimum absolute atomic E-state index is 0.0601. The number of methoxy groups -OCH3 is 1. The zero-order valence-corrected chi connectivity index (χ0v) is 23.4. The molecule has 0 fully saturated rings. The van der Waals surface area contributed by atoms with E-state index in [1.54, 1.807) is 6.92 Å². The Balaban J connectivity index is 1.70. The molecule has 0 bridgehead atoms. The highest BCUT2D eigenvalue weighted by atomic mass is 35.5. The van der Waals surface area contributed by atoms with Gasteiger partial charge in [0.2, 0.25) is 5.88 Å². The van der Waals surface area contributed by atoms with Gasteiger partial charge >= 0.3 is 18.3 Å². The Kier molecular flexibility index (Phi) is 8.58. The Bertz CT molecular complexity index is 1560. The number of amides is 1. The van der Waals surface area contributed by atoms with E-state index in [0.717, 1.165) is 44.4 Å². The number of hydrogen-bond donors (Lipinski definition) is 1. The fraction of sp³-hybridized carbons (Fsp3) is 0.321. The standard InChI is InChI=1S/C28H23ClF6N2O6/c1-4-37-21-9-15(5-8-22(21)42-13-24(37)38)26(40,28(33,34)35)14(2)17-7-6-16(10-20(17)29)43-23-11-19(27(30,31)32)18(12-36-23)25(39)41-3/h5-12,14,40H,4,13H2,1-3H3. The molecule has 2 aromatic carbocycles. The Morgan fingerprint density at radius 2 is 1.84 bits per heavy atom. The molecule has 1 N–H and O–H groups in total. The third-order valence-corrected chi connectivity index (χ3v) is 7.29. The van der Waals surface area contributed by atoms with Crippen LogP contribution in [-0.4, -0.2) is 48.4 Å². The smallest absolute Gasteiger partial charge is 0.422 e. The summed E-state index contributed by atoms with van der Waals surface area (Å²) in [6.45, 7) is 2.59. The van der Waals surface area contributed by atoms with Crippen LogP contribution in [0, 0.1) is 0 Å². The van der Waals surface area contributed by atoms with E-state index in [1.165, 1.54) is 11.0 Å². The number of pyridine rings is 1. The first-order chi connectivity index (χ1) is 20.0. The third kappa shape index (κ3) is 5.93. The van der Waals surface area contributed by atoms with Crippen molar-refractivity contribution in [2.24, 2.45) is 0 Å². The van der Waals surface area contributed by atoms with E-state index in [1.807, 2.05) is 0 Å². The van der Waals surface area contributed by atoms with Gasteiger partial charge in [-0.05, 0) is 42.3 Å². The molecule has 0 radical (unpaired) electrons. The Morgan fingerprint density at radius 1 is 1.14 bits per heavy atom. The Labute approximate surface area is 245 Å². The van der Waals surface area contributed by atoms with Crippen molar-refractivity contribution >= 4 is 29.2 Å². The van der Waals surface area contributed by atoms with Crippen molar-refractivity contribution in [3.8, 4) is 17.4 Å². The van der Waals surface area contributed by atoms with Crippen molar-refractivity contribution in [3.05, 3.63) is 75.9 Å². The van der Waals surface area contributed by atoms with Gasteiger partial charge in [0.05, 0.1) is 23.9 Å². The van der Waals surface area contributed by atoms with E-state index < -0.39 is 58.3 Å². The predicted molar refractivity (Wildman–Crippen MR) is 140 cm³/mol. The summed E-state index contributed by atoms with van der Waals surface area (Å²) in [4.78, 5) is 28.9. The van der Waals surface area contributed by atoms with Crippen LogP contribution in [0.2, 0.25) is 5.02 Å². The van der Waals surface area contributed by atoms with Crippen LogP contribution in [0.4, 0.5) is 32.0 Å². The van der Waals surface area contributed by atoms with Crippen LogP contribution in [0.25, 0.3) is 0 Å². The van der Waals surface area contributed by atoms with Gasteiger partial charge in [-0.15, -0.1) is 0 Å². The molecule has 43 heavy (non-hydrogen) atoms. The third-order valence-electron chi connectivity index (χ3n) is 6.97. The molecule has 0 saturated carbocycles. The zero-order chi connectivity index (χ0) is 31.9. The Hall–Kier alpha value is -4.04. The molecule has 15 heteroatoms. The highest BCUT2D eigenvalue weighted by molar-refractivity contribution is 6.31. The van der Waals surface area contributed by atoms with Crippen molar-refractivity contribution in [2.45, 2.75) is 37.7 Å². The number of halogens is 7. The number of hydrogen-bond acceptors (Lipinski definition) is 7. The van der Waals surface area contributed by atoms with Gasteiger partial charge in [0.15, 0.2) is 12.2 Å². The van der Waals surface area contributed by atoms with Crippen LogP contribution in [-0.2, 0) is 21.3 Å². The number of benzene rings is 2. The number of carbonyl (C=O) groups excluding carboxylic acids is 2. The minimum atomic E-state index is -5.23. The lowest BCUT2D eigenvalue weighted by atomic mass is 9.77. The maximum atomic E-state index is 14.6. The predicted octanol–water partition coefficient (Wildman–Crippen LogP) is 6.63. The van der Waals surface area contributed by atoms with Crippen LogP contribution in [0.5, 0.6) is 17.4 Å². The quantitative estimate of drug-likeness (QED) is 0.231. The molecule has 2 heterocycles. The number of fused-ring (bicyclic) bond motifs is 1. The van der Waals surface area contributed by atoms with Crippen molar-refractivity contribution in [1.29, 1.82) is 0 Å². The molecule has 1 aliphatic rings. The lowest BCUT2D eigenvalue weighted by Gasteiger charge is -2.38. The number of carbonyl (C=O) groups is 2. The highest BCUT2D eigenvalue weighted by Gasteiger charge is 2.59. The molecule has 8 nitrogen and oxygen atoms in total. The zero-order valence-electron chi connectivity index (χ0n) is 22.6. The van der Waals surface area contributed by atoms with Gasteiger partial charge in [0.1, 0.15) is 11.5 Å². The number of nitrogens with zero attached hydrogens (tertiary/aromatic N) is 2. The number of likely N-dealkylation sites (N-methyl/N-ethyl adjacent to an activating group) is 1. The number of anilines is 1. The fourth-order valence-electron chi connectivity index (χ4n) is 4.71. The summed E-state index contributed by atoms with van der Waals surface area (Å²) in [5.74, 6) is -4.07. The number of rotatable bonds is 7. The molecule has 1 aliphatic heterocycles. The summed E-state index contributed by atoms with van der Waals surface area (Å²) in [7, 11) is 0.901. The number of ether oxygens (including phenoxy) is 3. The van der Waals surface area contributed by atoms with Gasteiger partial charge in [-0.25, -0.2) is 9.78 Å². The summed E-state index contributed by atoms with van der Waals surface area (Å²) in [6.07, 6.45) is -9.58. The van der Waals surface area contributed by atoms with Crippen LogP contribution in [0.15, 0.2) is 48.7 Å². The number of alkyl halides is 6. The second-order valence-electron chi connectivity index (χ2n) is 9.44. The first-order valence-corrected chi connectivity index (χ1v) is 12.9. The largest absolute Gasteiger partial charge is 0.482 e. The Morgan fingerprint density at radius 3 is 2.42 bits per heavy atom. The number of esters is 1. The summed E-state index contributed by atoms with van der Waals surface area (Å²) >= 11 is 6.31. The van der Waals surface area contributed by atoms with Crippen molar-refractivity contribution in [2.75, 3.05) is 25.2 Å². The van der Waals surface area contributed by atoms with Crippen LogP contribution >= 0.6 is 11.6 Å². The summed E-state index contributed by atoms with van der Waals surface area (Å²) in [5.41, 5.74) is -6.41. The molecule has 2 unspecified atom stereocenters. The van der Waals surface area contributed by atoms with E-state index in [0.29, 0.717) is 12.3 Å². The second-order valence-corrected chi connectivity index (χ2v) is 9.85. The maximum Gasteiger partial charge on any atom is 0.422 e. The van der Waals surface area contributed by atoms with E-state index in [-0.39, 0.29) is 40.9 Å². The van der Waals surface area contributed by atoms with E-state index in [9.17, 15) is 41.0 Å². The number of aromatic nitrogens is 1. The molecule has 1 aromatic heterocycles. The van der Waals surface area contributed by atoms with Gasteiger partial charge in [-0.3, -0.25) is 4.79 Å². The van der Waals surface area contributed by atoms with Crippen LogP contribution in [0.1, 0.15) is 46.8 Å². The summed E-state index contributed by atoms with van der Waals surface area (Å²) in [5, 5.41) is 11.0. The van der Waals surface area contributed by atoms with Crippen molar-refractivity contribution < 1.29 is 55.2 Å². The van der Waals surface area contributed by atoms with E-state index in [4.69, 9.17) is 21.1 Å². The first-order valence-electron chi connectivity index (χ1n) is 12.5. The molecule has 3 aromatic rings. The molecule has 2 atom stereocenters. The van der Waals surface area contributed by atoms with Gasteiger partial charge in [0.25, 0.3) is 5.91 Å². The summed E-state index contributed by atoms with van der Waals surface area (Å²) < 4.78 is 99.4.